The number of piperidine rings is 1. The van der Waals surface area contributed by atoms with Crippen LogP contribution < -0.4 is 5.73 Å². The van der Waals surface area contributed by atoms with Crippen molar-refractivity contribution in [2.24, 2.45) is 11.7 Å². The van der Waals surface area contributed by atoms with Crippen molar-refractivity contribution >= 4 is 5.91 Å². The van der Waals surface area contributed by atoms with Gasteiger partial charge in [-0.2, -0.15) is 13.2 Å². The Morgan fingerprint density at radius 2 is 1.81 bits per heavy atom. The number of carbonyl (C=O) groups excluding carboxylic acids is 1. The first kappa shape index (κ1) is 20.1. The number of hydrogen-bond acceptors (Lipinski definition) is 3. The van der Waals surface area contributed by atoms with Gasteiger partial charge in [-0.3, -0.25) is 9.69 Å². The van der Waals surface area contributed by atoms with Crippen LogP contribution in [0, 0.1) is 11.7 Å². The van der Waals surface area contributed by atoms with E-state index in [4.69, 9.17) is 5.73 Å². The van der Waals surface area contributed by atoms with E-state index in [2.05, 4.69) is 0 Å². The zero-order chi connectivity index (χ0) is 19.6. The zero-order valence-electron chi connectivity index (χ0n) is 15.1. The van der Waals surface area contributed by atoms with Crippen LogP contribution in [0.1, 0.15) is 24.8 Å². The highest BCUT2D eigenvalue weighted by Crippen LogP contribution is 2.35. The summed E-state index contributed by atoms with van der Waals surface area (Å²) in [4.78, 5) is 16.0. The predicted molar refractivity (Wildman–Crippen MR) is 93.4 cm³/mol. The Kier molecular flexibility index (Phi) is 6.05. The van der Waals surface area contributed by atoms with Gasteiger partial charge >= 0.3 is 6.18 Å². The molecule has 0 saturated carbocycles. The van der Waals surface area contributed by atoms with E-state index in [1.807, 2.05) is 4.90 Å². The van der Waals surface area contributed by atoms with Crippen molar-refractivity contribution in [2.75, 3.05) is 26.2 Å². The van der Waals surface area contributed by atoms with Crippen LogP contribution in [-0.4, -0.2) is 60.1 Å². The van der Waals surface area contributed by atoms with E-state index < -0.39 is 18.1 Å². The smallest absolute Gasteiger partial charge is 0.339 e. The van der Waals surface area contributed by atoms with Crippen LogP contribution in [0.2, 0.25) is 0 Å². The number of nitrogens with two attached hydrogens (primary N) is 1. The monoisotopic (exact) mass is 387 g/mol. The molecule has 0 aliphatic carbocycles. The van der Waals surface area contributed by atoms with E-state index in [-0.39, 0.29) is 37.0 Å². The lowest BCUT2D eigenvalue weighted by Crippen LogP contribution is -2.62. The quantitative estimate of drug-likeness (QED) is 0.790. The molecule has 8 heteroatoms. The molecule has 2 aliphatic heterocycles. The first-order valence-corrected chi connectivity index (χ1v) is 9.31. The van der Waals surface area contributed by atoms with Gasteiger partial charge in [-0.1, -0.05) is 18.2 Å². The number of carbonyl (C=O) groups is 1. The fourth-order valence-electron chi connectivity index (χ4n) is 3.85. The summed E-state index contributed by atoms with van der Waals surface area (Å²) in [5.74, 6) is -1.62. The SMILES string of the molecule is NC(CC(=O)N1CC(N2CCC(C(F)(F)F)CC2)C1)Cc1ccccc1F. The molecule has 150 valence electrons. The van der Waals surface area contributed by atoms with Gasteiger partial charge in [0.2, 0.25) is 5.91 Å². The van der Waals surface area contributed by atoms with Crippen LogP contribution in [0.25, 0.3) is 0 Å². The Hall–Kier alpha value is -1.67. The van der Waals surface area contributed by atoms with Gasteiger partial charge in [-0.15, -0.1) is 0 Å². The molecule has 1 aromatic carbocycles. The highest BCUT2D eigenvalue weighted by atomic mass is 19.4. The molecular weight excluding hydrogens is 362 g/mol. The molecule has 3 rings (SSSR count). The molecule has 1 atom stereocenters. The predicted octanol–water partition coefficient (Wildman–Crippen LogP) is 2.57. The van der Waals surface area contributed by atoms with E-state index in [1.54, 1.807) is 23.1 Å². The summed E-state index contributed by atoms with van der Waals surface area (Å²) in [7, 11) is 0. The maximum absolute atomic E-state index is 13.7. The second-order valence-electron chi connectivity index (χ2n) is 7.56. The molecule has 0 bridgehead atoms. The molecule has 2 heterocycles. The Labute approximate surface area is 156 Å². The van der Waals surface area contributed by atoms with Gasteiger partial charge in [0, 0.05) is 31.6 Å². The van der Waals surface area contributed by atoms with E-state index in [0.717, 1.165) is 0 Å². The number of nitrogens with zero attached hydrogens (tertiary/aromatic N) is 2. The Morgan fingerprint density at radius 1 is 1.19 bits per heavy atom. The average molecular weight is 387 g/mol. The number of amides is 1. The van der Waals surface area contributed by atoms with Crippen LogP contribution in [0.3, 0.4) is 0 Å². The highest BCUT2D eigenvalue weighted by molar-refractivity contribution is 5.77. The third-order valence-corrected chi connectivity index (χ3v) is 5.60. The van der Waals surface area contributed by atoms with Crippen LogP contribution in [-0.2, 0) is 11.2 Å². The lowest BCUT2D eigenvalue weighted by molar-refractivity contribution is -0.187. The molecule has 4 nitrogen and oxygen atoms in total. The molecule has 1 amide bonds. The second-order valence-corrected chi connectivity index (χ2v) is 7.56. The fourth-order valence-corrected chi connectivity index (χ4v) is 3.85. The second kappa shape index (κ2) is 8.14. The molecule has 1 unspecified atom stereocenters. The molecule has 2 saturated heterocycles. The van der Waals surface area contributed by atoms with Crippen LogP contribution >= 0.6 is 0 Å². The number of benzene rings is 1. The average Bonchev–Trinajstić information content (AvgIpc) is 2.55. The highest BCUT2D eigenvalue weighted by Gasteiger charge is 2.43. The number of alkyl halides is 3. The van der Waals surface area contributed by atoms with Crippen molar-refractivity contribution in [3.63, 3.8) is 0 Å². The van der Waals surface area contributed by atoms with Crippen molar-refractivity contribution in [1.82, 2.24) is 9.80 Å². The summed E-state index contributed by atoms with van der Waals surface area (Å²) in [5.41, 5.74) is 6.49. The van der Waals surface area contributed by atoms with Crippen LogP contribution in [0.4, 0.5) is 17.6 Å². The molecular formula is C19H25F4N3O. The number of hydrogen-bond donors (Lipinski definition) is 1. The third kappa shape index (κ3) is 4.99. The van der Waals surface area contributed by atoms with Gasteiger partial charge in [0.15, 0.2) is 0 Å². The zero-order valence-corrected chi connectivity index (χ0v) is 15.1. The minimum atomic E-state index is -4.11. The summed E-state index contributed by atoms with van der Waals surface area (Å²) in [5, 5.41) is 0. The van der Waals surface area contributed by atoms with Gasteiger partial charge in [-0.05, 0) is 44.0 Å². The Morgan fingerprint density at radius 3 is 2.41 bits per heavy atom. The minimum Gasteiger partial charge on any atom is -0.339 e. The van der Waals surface area contributed by atoms with Crippen molar-refractivity contribution in [3.05, 3.63) is 35.6 Å². The molecule has 2 aliphatic rings. The van der Waals surface area contributed by atoms with E-state index in [9.17, 15) is 22.4 Å². The van der Waals surface area contributed by atoms with Gasteiger partial charge in [0.1, 0.15) is 5.82 Å². The Balaban J connectivity index is 1.39. The summed E-state index contributed by atoms with van der Waals surface area (Å²) in [6.45, 7) is 1.90. The normalized spacial score (nSPS) is 21.1. The number of likely N-dealkylation sites (tertiary alicyclic amines) is 2. The van der Waals surface area contributed by atoms with Crippen LogP contribution in [0.15, 0.2) is 24.3 Å². The summed E-state index contributed by atoms with van der Waals surface area (Å²) < 4.78 is 51.8. The minimum absolute atomic E-state index is 0.0831. The van der Waals surface area contributed by atoms with E-state index in [0.29, 0.717) is 38.2 Å². The van der Waals surface area contributed by atoms with Crippen molar-refractivity contribution in [3.8, 4) is 0 Å². The molecule has 2 fully saturated rings. The molecule has 0 radical (unpaired) electrons. The molecule has 1 aromatic rings. The lowest BCUT2D eigenvalue weighted by Gasteiger charge is -2.48. The maximum Gasteiger partial charge on any atom is 0.391 e. The summed E-state index contributed by atoms with van der Waals surface area (Å²) >= 11 is 0. The fraction of sp³-hybridized carbons (Fsp3) is 0.632. The maximum atomic E-state index is 13.7. The molecule has 0 spiro atoms. The third-order valence-electron chi connectivity index (χ3n) is 5.60. The summed E-state index contributed by atoms with van der Waals surface area (Å²) in [6, 6.07) is 6.03. The van der Waals surface area contributed by atoms with E-state index in [1.165, 1.54) is 6.07 Å². The molecule has 2 N–H and O–H groups in total. The van der Waals surface area contributed by atoms with E-state index >= 15 is 0 Å². The van der Waals surface area contributed by atoms with Gasteiger partial charge in [0.05, 0.1) is 5.92 Å². The number of rotatable bonds is 5. The summed E-state index contributed by atoms with van der Waals surface area (Å²) in [6.07, 6.45) is -3.43. The molecule has 27 heavy (non-hydrogen) atoms. The topological polar surface area (TPSA) is 49.6 Å². The molecule has 0 aromatic heterocycles. The van der Waals surface area contributed by atoms with Gasteiger partial charge < -0.3 is 10.6 Å². The Bertz CT molecular complexity index is 653. The largest absolute Gasteiger partial charge is 0.391 e. The van der Waals surface area contributed by atoms with Gasteiger partial charge in [0.25, 0.3) is 0 Å². The first-order chi connectivity index (χ1) is 12.7. The van der Waals surface area contributed by atoms with Gasteiger partial charge in [-0.25, -0.2) is 4.39 Å². The number of halogens is 4. The van der Waals surface area contributed by atoms with Crippen LogP contribution in [0.5, 0.6) is 0 Å². The first-order valence-electron chi connectivity index (χ1n) is 9.31. The standard InChI is InChI=1S/C19H25F4N3O/c20-17-4-2-1-3-13(17)9-15(24)10-18(27)26-11-16(12-26)25-7-5-14(6-8-25)19(21,22)23/h1-4,14-16H,5-12,24H2. The van der Waals surface area contributed by atoms with Crippen molar-refractivity contribution in [1.29, 1.82) is 0 Å². The van der Waals surface area contributed by atoms with Crippen molar-refractivity contribution in [2.45, 2.75) is 43.9 Å². The lowest BCUT2D eigenvalue weighted by atomic mass is 9.93. The van der Waals surface area contributed by atoms with Crippen molar-refractivity contribution < 1.29 is 22.4 Å².